The summed E-state index contributed by atoms with van der Waals surface area (Å²) >= 11 is 0. The fraction of sp³-hybridized carbons (Fsp3) is 0.727. The molecule has 0 radical (unpaired) electrons. The number of hydrogen-bond donors (Lipinski definition) is 3. The first-order chi connectivity index (χ1) is 6.94. The summed E-state index contributed by atoms with van der Waals surface area (Å²) < 4.78 is 0. The zero-order chi connectivity index (χ0) is 11.9. The Labute approximate surface area is 92.2 Å². The minimum absolute atomic E-state index is 0.268. The van der Waals surface area contributed by atoms with Crippen molar-refractivity contribution >= 4 is 5.84 Å². The van der Waals surface area contributed by atoms with Crippen LogP contribution in [0.1, 0.15) is 33.6 Å². The van der Waals surface area contributed by atoms with Gasteiger partial charge in [0.1, 0.15) is 5.84 Å². The van der Waals surface area contributed by atoms with Crippen LogP contribution < -0.4 is 11.1 Å². The van der Waals surface area contributed by atoms with E-state index in [0.717, 1.165) is 19.4 Å². The van der Waals surface area contributed by atoms with E-state index in [1.807, 2.05) is 19.9 Å². The van der Waals surface area contributed by atoms with E-state index in [9.17, 15) is 0 Å². The van der Waals surface area contributed by atoms with Gasteiger partial charge >= 0.3 is 0 Å². The molecule has 0 rings (SSSR count). The summed E-state index contributed by atoms with van der Waals surface area (Å²) in [6.07, 6.45) is 3.68. The van der Waals surface area contributed by atoms with Gasteiger partial charge in [-0.15, -0.1) is 6.58 Å². The third-order valence-corrected chi connectivity index (χ3v) is 2.56. The van der Waals surface area contributed by atoms with E-state index in [2.05, 4.69) is 24.0 Å². The van der Waals surface area contributed by atoms with Crippen molar-refractivity contribution in [2.24, 2.45) is 16.3 Å². The summed E-state index contributed by atoms with van der Waals surface area (Å²) in [6.45, 7) is 10.6. The Morgan fingerprint density at radius 3 is 2.73 bits per heavy atom. The molecule has 1 unspecified atom stereocenters. The lowest BCUT2D eigenvalue weighted by Crippen LogP contribution is -2.36. The van der Waals surface area contributed by atoms with Gasteiger partial charge in [-0.2, -0.15) is 0 Å². The average Bonchev–Trinajstić information content (AvgIpc) is 2.16. The van der Waals surface area contributed by atoms with Gasteiger partial charge in [0, 0.05) is 11.5 Å². The zero-order valence-electron chi connectivity index (χ0n) is 9.95. The van der Waals surface area contributed by atoms with Crippen LogP contribution in [0.5, 0.6) is 0 Å². The topological polar surface area (TPSA) is 70.6 Å². The van der Waals surface area contributed by atoms with E-state index >= 15 is 0 Å². The number of amidine groups is 1. The number of rotatable bonds is 7. The molecule has 0 bridgehead atoms. The van der Waals surface area contributed by atoms with Gasteiger partial charge in [0.25, 0.3) is 0 Å². The van der Waals surface area contributed by atoms with Crippen LogP contribution in [0.3, 0.4) is 0 Å². The fourth-order valence-corrected chi connectivity index (χ4v) is 1.23. The first kappa shape index (κ1) is 14.0. The summed E-state index contributed by atoms with van der Waals surface area (Å²) in [6, 6.07) is 0.422. The van der Waals surface area contributed by atoms with Gasteiger partial charge in [-0.3, -0.25) is 0 Å². The van der Waals surface area contributed by atoms with Crippen molar-refractivity contribution in [1.29, 1.82) is 0 Å². The van der Waals surface area contributed by atoms with Crippen molar-refractivity contribution in [2.45, 2.75) is 39.7 Å². The molecule has 4 N–H and O–H groups in total. The monoisotopic (exact) mass is 213 g/mol. The Kier molecular flexibility index (Phi) is 6.01. The molecular weight excluding hydrogens is 190 g/mol. The SMILES string of the molecule is C=CCC(C)NCCC(C)(C)/C(N)=N/O. The lowest BCUT2D eigenvalue weighted by atomic mass is 9.88. The molecule has 0 aromatic rings. The van der Waals surface area contributed by atoms with Crippen molar-refractivity contribution < 1.29 is 5.21 Å². The van der Waals surface area contributed by atoms with Crippen LogP contribution in [-0.2, 0) is 0 Å². The second-order valence-electron chi connectivity index (χ2n) is 4.50. The van der Waals surface area contributed by atoms with Crippen molar-refractivity contribution in [3.05, 3.63) is 12.7 Å². The smallest absolute Gasteiger partial charge is 0.144 e. The summed E-state index contributed by atoms with van der Waals surface area (Å²) in [5, 5.41) is 15.0. The van der Waals surface area contributed by atoms with Crippen LogP contribution in [0.25, 0.3) is 0 Å². The lowest BCUT2D eigenvalue weighted by Gasteiger charge is -2.23. The molecule has 0 saturated carbocycles. The molecule has 4 heteroatoms. The minimum Gasteiger partial charge on any atom is -0.409 e. The van der Waals surface area contributed by atoms with Gasteiger partial charge in [0.2, 0.25) is 0 Å². The first-order valence-electron chi connectivity index (χ1n) is 5.26. The molecule has 0 amide bonds. The molecule has 0 aliphatic heterocycles. The number of nitrogens with two attached hydrogens (primary N) is 1. The molecule has 1 atom stereocenters. The van der Waals surface area contributed by atoms with Crippen LogP contribution in [0.15, 0.2) is 17.8 Å². The van der Waals surface area contributed by atoms with Crippen LogP contribution in [0, 0.1) is 5.41 Å². The highest BCUT2D eigenvalue weighted by Gasteiger charge is 2.22. The fourth-order valence-electron chi connectivity index (χ4n) is 1.23. The third-order valence-electron chi connectivity index (χ3n) is 2.56. The second-order valence-corrected chi connectivity index (χ2v) is 4.50. The van der Waals surface area contributed by atoms with Crippen LogP contribution >= 0.6 is 0 Å². The standard InChI is InChI=1S/C11H23N3O/c1-5-6-9(2)13-8-7-11(3,4)10(12)14-15/h5,9,13,15H,1,6-8H2,2-4H3,(H2,12,14). The maximum Gasteiger partial charge on any atom is 0.144 e. The van der Waals surface area contributed by atoms with Gasteiger partial charge in [-0.25, -0.2) is 0 Å². The Balaban J connectivity index is 3.89. The molecule has 0 aliphatic carbocycles. The summed E-state index contributed by atoms with van der Waals surface area (Å²) in [4.78, 5) is 0. The highest BCUT2D eigenvalue weighted by atomic mass is 16.4. The molecule has 0 fully saturated rings. The van der Waals surface area contributed by atoms with Gasteiger partial charge < -0.3 is 16.3 Å². The highest BCUT2D eigenvalue weighted by Crippen LogP contribution is 2.19. The number of oxime groups is 1. The largest absolute Gasteiger partial charge is 0.409 e. The predicted molar refractivity (Wildman–Crippen MR) is 64.1 cm³/mol. The van der Waals surface area contributed by atoms with E-state index in [4.69, 9.17) is 10.9 Å². The Hall–Kier alpha value is -1.03. The summed E-state index contributed by atoms with van der Waals surface area (Å²) in [7, 11) is 0. The minimum atomic E-state index is -0.268. The molecule has 0 saturated heterocycles. The Morgan fingerprint density at radius 1 is 1.67 bits per heavy atom. The normalized spacial score (nSPS) is 15.0. The Morgan fingerprint density at radius 2 is 2.27 bits per heavy atom. The predicted octanol–water partition coefficient (Wildman–Crippen LogP) is 1.70. The Bertz CT molecular complexity index is 224. The molecule has 88 valence electrons. The molecular formula is C11H23N3O. The van der Waals surface area contributed by atoms with E-state index in [-0.39, 0.29) is 11.3 Å². The molecule has 0 aromatic carbocycles. The van der Waals surface area contributed by atoms with E-state index < -0.39 is 0 Å². The van der Waals surface area contributed by atoms with Crippen molar-refractivity contribution in [1.82, 2.24) is 5.32 Å². The maximum absolute atomic E-state index is 8.59. The van der Waals surface area contributed by atoms with E-state index in [1.165, 1.54) is 0 Å². The number of nitrogens with zero attached hydrogens (tertiary/aromatic N) is 1. The highest BCUT2D eigenvalue weighted by molar-refractivity contribution is 5.85. The van der Waals surface area contributed by atoms with Gasteiger partial charge in [-0.05, 0) is 26.3 Å². The molecule has 15 heavy (non-hydrogen) atoms. The molecule has 0 aliphatic rings. The van der Waals surface area contributed by atoms with Crippen molar-refractivity contribution in [3.8, 4) is 0 Å². The van der Waals surface area contributed by atoms with E-state index in [1.54, 1.807) is 0 Å². The lowest BCUT2D eigenvalue weighted by molar-refractivity contribution is 0.304. The molecule has 0 heterocycles. The van der Waals surface area contributed by atoms with Gasteiger partial charge in [0.15, 0.2) is 0 Å². The summed E-state index contributed by atoms with van der Waals surface area (Å²) in [5.41, 5.74) is 5.31. The van der Waals surface area contributed by atoms with Crippen LogP contribution in [0.4, 0.5) is 0 Å². The number of hydrogen-bond acceptors (Lipinski definition) is 3. The van der Waals surface area contributed by atoms with Crippen LogP contribution in [0.2, 0.25) is 0 Å². The molecule has 0 spiro atoms. The quantitative estimate of drug-likeness (QED) is 0.198. The maximum atomic E-state index is 8.59. The zero-order valence-corrected chi connectivity index (χ0v) is 9.95. The van der Waals surface area contributed by atoms with E-state index in [0.29, 0.717) is 6.04 Å². The third kappa shape index (κ3) is 5.42. The van der Waals surface area contributed by atoms with Gasteiger partial charge in [0.05, 0.1) is 0 Å². The van der Waals surface area contributed by atoms with Crippen LogP contribution in [-0.4, -0.2) is 23.6 Å². The number of nitrogens with one attached hydrogen (secondary N) is 1. The van der Waals surface area contributed by atoms with Crippen molar-refractivity contribution in [3.63, 3.8) is 0 Å². The average molecular weight is 213 g/mol. The first-order valence-corrected chi connectivity index (χ1v) is 5.26. The summed E-state index contributed by atoms with van der Waals surface area (Å²) in [5.74, 6) is 0.278. The molecule has 0 aromatic heterocycles. The van der Waals surface area contributed by atoms with Gasteiger partial charge in [-0.1, -0.05) is 25.1 Å². The van der Waals surface area contributed by atoms with Crippen molar-refractivity contribution in [2.75, 3.05) is 6.54 Å². The molecule has 4 nitrogen and oxygen atoms in total. The second kappa shape index (κ2) is 6.45.